The number of rotatable bonds is 6. The van der Waals surface area contributed by atoms with Crippen LogP contribution in [0, 0.1) is 5.92 Å². The maximum atomic E-state index is 12.1. The van der Waals surface area contributed by atoms with Crippen LogP contribution in [0.3, 0.4) is 0 Å². The first-order chi connectivity index (χ1) is 11.7. The number of hydrogen-bond donors (Lipinski definition) is 2. The highest BCUT2D eigenvalue weighted by atomic mass is 16.5. The van der Waals surface area contributed by atoms with Gasteiger partial charge < -0.3 is 20.3 Å². The molecule has 3 amide bonds. The Labute approximate surface area is 143 Å². The summed E-state index contributed by atoms with van der Waals surface area (Å²) in [5.74, 6) is 0.520. The zero-order valence-corrected chi connectivity index (χ0v) is 14.3. The average Bonchev–Trinajstić information content (AvgIpc) is 3.52. The molecule has 7 nitrogen and oxygen atoms in total. The lowest BCUT2D eigenvalue weighted by molar-refractivity contribution is -0.128. The van der Waals surface area contributed by atoms with Gasteiger partial charge in [0.15, 0.2) is 0 Å². The standard InChI is InChI=1S/C17H28N4O3/c22-15-9-13(11-21(15)14-1-2-14)10-18-16(23)19-12-17(3-4-17)20-5-7-24-8-6-20/h13-14H,1-12H2,(H2,18,19,23). The van der Waals surface area contributed by atoms with Crippen molar-refractivity contribution in [3.05, 3.63) is 0 Å². The Kier molecular flexibility index (Phi) is 4.39. The van der Waals surface area contributed by atoms with E-state index >= 15 is 0 Å². The lowest BCUT2D eigenvalue weighted by Crippen LogP contribution is -2.52. The van der Waals surface area contributed by atoms with Crippen molar-refractivity contribution in [1.82, 2.24) is 20.4 Å². The molecule has 2 aliphatic heterocycles. The van der Waals surface area contributed by atoms with E-state index in [0.717, 1.165) is 58.5 Å². The molecular weight excluding hydrogens is 308 g/mol. The number of nitrogens with one attached hydrogen (secondary N) is 2. The van der Waals surface area contributed by atoms with Crippen LogP contribution in [0.25, 0.3) is 0 Å². The van der Waals surface area contributed by atoms with Crippen LogP contribution >= 0.6 is 0 Å². The Morgan fingerprint density at radius 1 is 1.21 bits per heavy atom. The molecule has 2 aliphatic carbocycles. The van der Waals surface area contributed by atoms with Gasteiger partial charge >= 0.3 is 6.03 Å². The fraction of sp³-hybridized carbons (Fsp3) is 0.882. The van der Waals surface area contributed by atoms with E-state index in [4.69, 9.17) is 4.74 Å². The van der Waals surface area contributed by atoms with Crippen LogP contribution in [0.1, 0.15) is 32.1 Å². The van der Waals surface area contributed by atoms with Gasteiger partial charge in [-0.05, 0) is 25.7 Å². The van der Waals surface area contributed by atoms with Gasteiger partial charge in [0.1, 0.15) is 0 Å². The van der Waals surface area contributed by atoms with Crippen LogP contribution in [-0.4, -0.2) is 79.3 Å². The fourth-order valence-electron chi connectivity index (χ4n) is 4.02. The van der Waals surface area contributed by atoms with Crippen LogP contribution in [-0.2, 0) is 9.53 Å². The summed E-state index contributed by atoms with van der Waals surface area (Å²) in [6, 6.07) is 0.381. The molecule has 1 atom stereocenters. The Morgan fingerprint density at radius 3 is 2.62 bits per heavy atom. The van der Waals surface area contributed by atoms with Crippen LogP contribution in [0.4, 0.5) is 4.79 Å². The van der Waals surface area contributed by atoms with Gasteiger partial charge in [0.2, 0.25) is 5.91 Å². The smallest absolute Gasteiger partial charge is 0.314 e. The van der Waals surface area contributed by atoms with Gasteiger partial charge in [-0.1, -0.05) is 0 Å². The number of carbonyl (C=O) groups is 2. The van der Waals surface area contributed by atoms with Crippen LogP contribution in [0.5, 0.6) is 0 Å². The van der Waals surface area contributed by atoms with Crippen LogP contribution < -0.4 is 10.6 Å². The summed E-state index contributed by atoms with van der Waals surface area (Å²) in [5, 5.41) is 5.99. The predicted molar refractivity (Wildman–Crippen MR) is 88.6 cm³/mol. The number of amides is 3. The number of morpholine rings is 1. The summed E-state index contributed by atoms with van der Waals surface area (Å²) >= 11 is 0. The molecule has 0 spiro atoms. The van der Waals surface area contributed by atoms with Crippen molar-refractivity contribution in [3.63, 3.8) is 0 Å². The third-order valence-electron chi connectivity index (χ3n) is 5.86. The molecule has 7 heteroatoms. The van der Waals surface area contributed by atoms with E-state index in [-0.39, 0.29) is 23.4 Å². The number of ether oxygens (including phenoxy) is 1. The maximum absolute atomic E-state index is 12.1. The maximum Gasteiger partial charge on any atom is 0.314 e. The molecule has 0 radical (unpaired) electrons. The van der Waals surface area contributed by atoms with Gasteiger partial charge in [-0.15, -0.1) is 0 Å². The monoisotopic (exact) mass is 336 g/mol. The second kappa shape index (κ2) is 6.52. The molecule has 0 aromatic rings. The van der Waals surface area contributed by atoms with E-state index in [9.17, 15) is 9.59 Å². The van der Waals surface area contributed by atoms with Crippen molar-refractivity contribution in [2.24, 2.45) is 5.92 Å². The Morgan fingerprint density at radius 2 is 1.96 bits per heavy atom. The molecule has 24 heavy (non-hydrogen) atoms. The first-order valence-electron chi connectivity index (χ1n) is 9.30. The number of likely N-dealkylation sites (tertiary alicyclic amines) is 1. The molecular formula is C17H28N4O3. The quantitative estimate of drug-likeness (QED) is 0.725. The molecule has 1 unspecified atom stereocenters. The number of nitrogens with zero attached hydrogens (tertiary/aromatic N) is 2. The van der Waals surface area contributed by atoms with Crippen LogP contribution in [0.2, 0.25) is 0 Å². The number of hydrogen-bond acceptors (Lipinski definition) is 4. The Hall–Kier alpha value is -1.34. The van der Waals surface area contributed by atoms with Gasteiger partial charge in [-0.2, -0.15) is 0 Å². The third-order valence-corrected chi connectivity index (χ3v) is 5.86. The second-order valence-electron chi connectivity index (χ2n) is 7.73. The summed E-state index contributed by atoms with van der Waals surface area (Å²) in [4.78, 5) is 28.5. The lowest BCUT2D eigenvalue weighted by Gasteiger charge is -2.35. The first kappa shape index (κ1) is 16.1. The normalized spacial score (nSPS) is 29.6. The van der Waals surface area contributed by atoms with Crippen LogP contribution in [0.15, 0.2) is 0 Å². The van der Waals surface area contributed by atoms with Gasteiger partial charge in [-0.25, -0.2) is 4.79 Å². The van der Waals surface area contributed by atoms with Crippen molar-refractivity contribution in [2.45, 2.75) is 43.7 Å². The summed E-state index contributed by atoms with van der Waals surface area (Å²) in [6.07, 6.45) is 5.18. The minimum atomic E-state index is -0.105. The van der Waals surface area contributed by atoms with Crippen molar-refractivity contribution in [2.75, 3.05) is 45.9 Å². The molecule has 134 valence electrons. The zero-order chi connectivity index (χ0) is 16.6. The molecule has 2 saturated heterocycles. The highest BCUT2D eigenvalue weighted by Crippen LogP contribution is 2.41. The van der Waals surface area contributed by atoms with E-state index in [1.165, 1.54) is 0 Å². The number of carbonyl (C=O) groups excluding carboxylic acids is 2. The molecule has 2 N–H and O–H groups in total. The third kappa shape index (κ3) is 3.52. The fourth-order valence-corrected chi connectivity index (χ4v) is 4.02. The zero-order valence-electron chi connectivity index (χ0n) is 14.3. The summed E-state index contributed by atoms with van der Waals surface area (Å²) < 4.78 is 5.41. The molecule has 0 aromatic carbocycles. The first-order valence-corrected chi connectivity index (χ1v) is 9.30. The number of urea groups is 1. The highest BCUT2D eigenvalue weighted by Gasteiger charge is 2.48. The molecule has 4 aliphatic rings. The molecule has 4 fully saturated rings. The van der Waals surface area contributed by atoms with E-state index in [2.05, 4.69) is 15.5 Å². The van der Waals surface area contributed by atoms with Crippen molar-refractivity contribution in [1.29, 1.82) is 0 Å². The Bertz CT molecular complexity index is 498. The van der Waals surface area contributed by atoms with E-state index in [1.807, 2.05) is 4.90 Å². The van der Waals surface area contributed by atoms with Crippen molar-refractivity contribution < 1.29 is 14.3 Å². The minimum absolute atomic E-state index is 0.105. The van der Waals surface area contributed by atoms with Crippen molar-refractivity contribution >= 4 is 11.9 Å². The molecule has 2 saturated carbocycles. The predicted octanol–water partition coefficient (Wildman–Crippen LogP) is 0.161. The average molecular weight is 336 g/mol. The largest absolute Gasteiger partial charge is 0.379 e. The Balaban J connectivity index is 1.17. The van der Waals surface area contributed by atoms with Gasteiger partial charge in [-0.3, -0.25) is 9.69 Å². The summed E-state index contributed by atoms with van der Waals surface area (Å²) in [6.45, 7) is 5.61. The van der Waals surface area contributed by atoms with Gasteiger partial charge in [0, 0.05) is 56.6 Å². The van der Waals surface area contributed by atoms with Gasteiger partial charge in [0.25, 0.3) is 0 Å². The molecule has 0 aromatic heterocycles. The molecule has 2 heterocycles. The summed E-state index contributed by atoms with van der Waals surface area (Å²) in [7, 11) is 0. The SMILES string of the molecule is O=C(NCC1CC(=O)N(C2CC2)C1)NCC1(N2CCOCC2)CC1. The van der Waals surface area contributed by atoms with Gasteiger partial charge in [0.05, 0.1) is 13.2 Å². The molecule has 4 rings (SSSR count). The topological polar surface area (TPSA) is 73.9 Å². The highest BCUT2D eigenvalue weighted by molar-refractivity contribution is 5.79. The minimum Gasteiger partial charge on any atom is -0.379 e. The van der Waals surface area contributed by atoms with Crippen molar-refractivity contribution in [3.8, 4) is 0 Å². The second-order valence-corrected chi connectivity index (χ2v) is 7.73. The van der Waals surface area contributed by atoms with E-state index in [0.29, 0.717) is 25.6 Å². The van der Waals surface area contributed by atoms with E-state index in [1.54, 1.807) is 0 Å². The van der Waals surface area contributed by atoms with E-state index < -0.39 is 0 Å². The summed E-state index contributed by atoms with van der Waals surface area (Å²) in [5.41, 5.74) is 0.160. The molecule has 0 bridgehead atoms. The lowest BCUT2D eigenvalue weighted by atomic mass is 10.1.